The standard InChI is InChI=1S/C11H16ClN3O4S/c1-4-15(7-10(16)14(2)3)20(18,19)8-5-9(12)11(17)13-6-8/h5-6H,4,7H2,1-3H3,(H,13,17). The molecule has 1 amide bonds. The van der Waals surface area contributed by atoms with Crippen LogP contribution in [0, 0.1) is 0 Å². The van der Waals surface area contributed by atoms with Crippen molar-refractivity contribution in [2.75, 3.05) is 27.2 Å². The van der Waals surface area contributed by atoms with Crippen molar-refractivity contribution in [1.29, 1.82) is 0 Å². The van der Waals surface area contributed by atoms with Crippen LogP contribution in [-0.2, 0) is 14.8 Å². The summed E-state index contributed by atoms with van der Waals surface area (Å²) in [7, 11) is -0.805. The number of sulfonamides is 1. The Kier molecular flexibility index (Phi) is 5.32. The highest BCUT2D eigenvalue weighted by Gasteiger charge is 2.26. The summed E-state index contributed by atoms with van der Waals surface area (Å²) < 4.78 is 25.7. The van der Waals surface area contributed by atoms with Crippen LogP contribution in [0.15, 0.2) is 22.0 Å². The number of likely N-dealkylation sites (N-methyl/N-ethyl adjacent to an activating group) is 2. The highest BCUT2D eigenvalue weighted by molar-refractivity contribution is 7.89. The van der Waals surface area contributed by atoms with Gasteiger partial charge in [0.05, 0.1) is 11.4 Å². The molecule has 9 heteroatoms. The van der Waals surface area contributed by atoms with Gasteiger partial charge in [0.25, 0.3) is 5.56 Å². The van der Waals surface area contributed by atoms with E-state index in [4.69, 9.17) is 11.6 Å². The third-order valence-electron chi connectivity index (χ3n) is 2.63. The van der Waals surface area contributed by atoms with Gasteiger partial charge in [-0.25, -0.2) is 8.42 Å². The van der Waals surface area contributed by atoms with Crippen molar-refractivity contribution in [1.82, 2.24) is 14.2 Å². The Morgan fingerprint density at radius 1 is 1.40 bits per heavy atom. The lowest BCUT2D eigenvalue weighted by molar-refractivity contribution is -0.128. The highest BCUT2D eigenvalue weighted by atomic mass is 35.5. The number of nitrogens with one attached hydrogen (secondary N) is 1. The zero-order valence-corrected chi connectivity index (χ0v) is 13.0. The molecule has 0 fully saturated rings. The molecule has 1 heterocycles. The number of hydrogen-bond acceptors (Lipinski definition) is 4. The Morgan fingerprint density at radius 2 is 2.00 bits per heavy atom. The molecule has 1 N–H and O–H groups in total. The molecule has 1 aromatic heterocycles. The molecule has 1 aromatic rings. The molecule has 0 radical (unpaired) electrons. The molecule has 7 nitrogen and oxygen atoms in total. The number of carbonyl (C=O) groups excluding carboxylic acids is 1. The second kappa shape index (κ2) is 6.38. The Bertz CT molecular complexity index is 654. The largest absolute Gasteiger partial charge is 0.348 e. The SMILES string of the molecule is CCN(CC(=O)N(C)C)S(=O)(=O)c1c[nH]c(=O)c(Cl)c1. The van der Waals surface area contributed by atoms with Gasteiger partial charge in [-0.2, -0.15) is 4.31 Å². The average molecular weight is 322 g/mol. The van der Waals surface area contributed by atoms with Gasteiger partial charge in [0.1, 0.15) is 5.02 Å². The zero-order valence-electron chi connectivity index (χ0n) is 11.4. The number of nitrogens with zero attached hydrogens (tertiary/aromatic N) is 2. The van der Waals surface area contributed by atoms with E-state index in [1.54, 1.807) is 21.0 Å². The molecule has 112 valence electrons. The van der Waals surface area contributed by atoms with E-state index in [2.05, 4.69) is 4.98 Å². The fraction of sp³-hybridized carbons (Fsp3) is 0.455. The molecule has 0 saturated heterocycles. The van der Waals surface area contributed by atoms with Gasteiger partial charge in [0.2, 0.25) is 15.9 Å². The molecular weight excluding hydrogens is 306 g/mol. The number of amides is 1. The van der Waals surface area contributed by atoms with Gasteiger partial charge < -0.3 is 9.88 Å². The molecule has 0 aliphatic rings. The molecule has 1 rings (SSSR count). The van der Waals surface area contributed by atoms with Crippen molar-refractivity contribution >= 4 is 27.5 Å². The first-order valence-electron chi connectivity index (χ1n) is 5.78. The fourth-order valence-corrected chi connectivity index (χ4v) is 3.02. The molecule has 0 aromatic carbocycles. The molecule has 0 atom stereocenters. The van der Waals surface area contributed by atoms with Crippen molar-refractivity contribution in [2.24, 2.45) is 0 Å². The molecule has 20 heavy (non-hydrogen) atoms. The van der Waals surface area contributed by atoms with Gasteiger partial charge in [0.15, 0.2) is 0 Å². The summed E-state index contributed by atoms with van der Waals surface area (Å²) >= 11 is 5.62. The predicted molar refractivity (Wildman–Crippen MR) is 75.2 cm³/mol. The lowest BCUT2D eigenvalue weighted by Crippen LogP contribution is -2.40. The predicted octanol–water partition coefficient (Wildman–Crippen LogP) is 0.127. The van der Waals surface area contributed by atoms with E-state index < -0.39 is 15.6 Å². The minimum Gasteiger partial charge on any atom is -0.348 e. The number of aromatic amines is 1. The van der Waals surface area contributed by atoms with Gasteiger partial charge in [0, 0.05) is 26.8 Å². The Balaban J connectivity index is 3.15. The van der Waals surface area contributed by atoms with Crippen LogP contribution in [0.3, 0.4) is 0 Å². The zero-order chi connectivity index (χ0) is 15.5. The number of aromatic nitrogens is 1. The van der Waals surface area contributed by atoms with Crippen molar-refractivity contribution in [3.05, 3.63) is 27.6 Å². The second-order valence-corrected chi connectivity index (χ2v) is 6.58. The van der Waals surface area contributed by atoms with E-state index in [1.165, 1.54) is 4.90 Å². The third-order valence-corrected chi connectivity index (χ3v) is 4.81. The van der Waals surface area contributed by atoms with Crippen LogP contribution in [0.5, 0.6) is 0 Å². The van der Waals surface area contributed by atoms with Crippen molar-refractivity contribution in [2.45, 2.75) is 11.8 Å². The maximum absolute atomic E-state index is 12.4. The lowest BCUT2D eigenvalue weighted by Gasteiger charge is -2.21. The fourth-order valence-electron chi connectivity index (χ4n) is 1.39. The van der Waals surface area contributed by atoms with E-state index in [0.717, 1.165) is 16.6 Å². The van der Waals surface area contributed by atoms with Gasteiger partial charge in [-0.15, -0.1) is 0 Å². The molecule has 0 saturated carbocycles. The minimum absolute atomic E-state index is 0.124. The summed E-state index contributed by atoms with van der Waals surface area (Å²) in [6, 6.07) is 1.07. The first-order chi connectivity index (χ1) is 9.20. The van der Waals surface area contributed by atoms with Crippen molar-refractivity contribution < 1.29 is 13.2 Å². The van der Waals surface area contributed by atoms with Gasteiger partial charge in [-0.3, -0.25) is 9.59 Å². The number of halogens is 1. The van der Waals surface area contributed by atoms with E-state index >= 15 is 0 Å². The Labute approximate surface area is 122 Å². The van der Waals surface area contributed by atoms with E-state index in [1.807, 2.05) is 0 Å². The van der Waals surface area contributed by atoms with Crippen LogP contribution in [0.25, 0.3) is 0 Å². The molecular formula is C11H16ClN3O4S. The van der Waals surface area contributed by atoms with Crippen LogP contribution in [-0.4, -0.2) is 55.7 Å². The maximum atomic E-state index is 12.4. The Morgan fingerprint density at radius 3 is 2.45 bits per heavy atom. The highest BCUT2D eigenvalue weighted by Crippen LogP contribution is 2.16. The van der Waals surface area contributed by atoms with Crippen LogP contribution in [0.1, 0.15) is 6.92 Å². The molecule has 0 aliphatic carbocycles. The monoisotopic (exact) mass is 321 g/mol. The van der Waals surface area contributed by atoms with E-state index in [-0.39, 0.29) is 28.9 Å². The first-order valence-corrected chi connectivity index (χ1v) is 7.60. The number of H-pyrrole nitrogens is 1. The number of rotatable bonds is 5. The van der Waals surface area contributed by atoms with Crippen LogP contribution in [0.2, 0.25) is 5.02 Å². The molecule has 0 unspecified atom stereocenters. The normalized spacial score (nSPS) is 11.7. The minimum atomic E-state index is -3.89. The van der Waals surface area contributed by atoms with Gasteiger partial charge >= 0.3 is 0 Å². The lowest BCUT2D eigenvalue weighted by atomic mass is 10.5. The van der Waals surface area contributed by atoms with Gasteiger partial charge in [-0.1, -0.05) is 18.5 Å². The topological polar surface area (TPSA) is 90.6 Å². The summed E-state index contributed by atoms with van der Waals surface area (Å²) in [4.78, 5) is 26.2. The van der Waals surface area contributed by atoms with E-state index in [0.29, 0.717) is 0 Å². The summed E-state index contributed by atoms with van der Waals surface area (Å²) in [6.45, 7) is 1.47. The number of hydrogen-bond donors (Lipinski definition) is 1. The molecule has 0 bridgehead atoms. The van der Waals surface area contributed by atoms with Crippen LogP contribution < -0.4 is 5.56 Å². The van der Waals surface area contributed by atoms with E-state index in [9.17, 15) is 18.0 Å². The van der Waals surface area contributed by atoms with Crippen molar-refractivity contribution in [3.63, 3.8) is 0 Å². The Hall–Kier alpha value is -1.38. The number of carbonyl (C=O) groups is 1. The number of pyridine rings is 1. The summed E-state index contributed by atoms with van der Waals surface area (Å²) in [5, 5.41) is -0.221. The summed E-state index contributed by atoms with van der Waals surface area (Å²) in [5.41, 5.74) is -0.571. The van der Waals surface area contributed by atoms with Crippen LogP contribution >= 0.6 is 11.6 Å². The quantitative estimate of drug-likeness (QED) is 0.834. The smallest absolute Gasteiger partial charge is 0.266 e. The average Bonchev–Trinajstić information content (AvgIpc) is 2.38. The molecule has 0 spiro atoms. The first kappa shape index (κ1) is 16.7. The molecule has 0 aliphatic heterocycles. The summed E-state index contributed by atoms with van der Waals surface area (Å²) in [5.74, 6) is -0.342. The third kappa shape index (κ3) is 3.59. The maximum Gasteiger partial charge on any atom is 0.266 e. The summed E-state index contributed by atoms with van der Waals surface area (Å²) in [6.07, 6.45) is 1.06. The van der Waals surface area contributed by atoms with Crippen LogP contribution in [0.4, 0.5) is 0 Å². The van der Waals surface area contributed by atoms with Crippen molar-refractivity contribution in [3.8, 4) is 0 Å². The second-order valence-electron chi connectivity index (χ2n) is 4.23. The van der Waals surface area contributed by atoms with Gasteiger partial charge in [-0.05, 0) is 6.07 Å².